The lowest BCUT2D eigenvalue weighted by molar-refractivity contribution is -0.119. The summed E-state index contributed by atoms with van der Waals surface area (Å²) in [5.41, 5.74) is 0.468. The molecule has 1 unspecified atom stereocenters. The number of carbonyl (C=O) groups is 2. The van der Waals surface area contributed by atoms with Crippen LogP contribution in [0.3, 0.4) is 0 Å². The molecular formula is C18H25N3O7S2. The maximum atomic E-state index is 13.1. The zero-order valence-corrected chi connectivity index (χ0v) is 18.7. The second kappa shape index (κ2) is 8.16. The van der Waals surface area contributed by atoms with Crippen LogP contribution in [0.2, 0.25) is 0 Å². The van der Waals surface area contributed by atoms with Gasteiger partial charge in [0.15, 0.2) is 0 Å². The predicted octanol–water partition coefficient (Wildman–Crippen LogP) is 0.770. The quantitative estimate of drug-likeness (QED) is 0.652. The lowest BCUT2D eigenvalue weighted by Gasteiger charge is -2.33. The minimum atomic E-state index is -3.85. The number of benzene rings is 1. The lowest BCUT2D eigenvalue weighted by Crippen LogP contribution is -2.50. The molecule has 2 heterocycles. The summed E-state index contributed by atoms with van der Waals surface area (Å²) < 4.78 is 57.7. The van der Waals surface area contributed by atoms with Gasteiger partial charge in [0.05, 0.1) is 28.9 Å². The van der Waals surface area contributed by atoms with Crippen LogP contribution in [0.25, 0.3) is 0 Å². The Balaban J connectivity index is 1.81. The van der Waals surface area contributed by atoms with Gasteiger partial charge in [-0.15, -0.1) is 0 Å². The van der Waals surface area contributed by atoms with Crippen molar-refractivity contribution in [1.29, 1.82) is 0 Å². The molecule has 2 aliphatic rings. The fourth-order valence-corrected chi connectivity index (χ4v) is 7.04. The second-order valence-electron chi connectivity index (χ2n) is 7.32. The summed E-state index contributed by atoms with van der Waals surface area (Å²) in [5, 5.41) is 0. The molecule has 1 aromatic rings. The van der Waals surface area contributed by atoms with E-state index < -0.39 is 38.0 Å². The second-order valence-corrected chi connectivity index (χ2v) is 11.1. The Labute approximate surface area is 176 Å². The third-order valence-corrected chi connectivity index (χ3v) is 9.06. The van der Waals surface area contributed by atoms with E-state index in [4.69, 9.17) is 4.74 Å². The number of piperazine rings is 1. The van der Waals surface area contributed by atoms with Crippen LogP contribution in [-0.4, -0.2) is 76.6 Å². The summed E-state index contributed by atoms with van der Waals surface area (Å²) >= 11 is 0. The predicted molar refractivity (Wildman–Crippen MR) is 109 cm³/mol. The van der Waals surface area contributed by atoms with Gasteiger partial charge in [0, 0.05) is 26.2 Å². The van der Waals surface area contributed by atoms with Crippen molar-refractivity contribution >= 4 is 37.7 Å². The number of rotatable bonds is 4. The zero-order chi connectivity index (χ0) is 22.3. The summed E-state index contributed by atoms with van der Waals surface area (Å²) in [4.78, 5) is 25.6. The molecule has 0 saturated carbocycles. The molecule has 2 saturated heterocycles. The molecule has 30 heavy (non-hydrogen) atoms. The Morgan fingerprint density at radius 1 is 1.20 bits per heavy atom. The highest BCUT2D eigenvalue weighted by molar-refractivity contribution is 7.94. The molecule has 1 atom stereocenters. The molecule has 10 nitrogen and oxygen atoms in total. The molecule has 2 aliphatic heterocycles. The topological polar surface area (TPSA) is 121 Å². The van der Waals surface area contributed by atoms with Crippen LogP contribution < -0.4 is 4.31 Å². The Bertz CT molecular complexity index is 1060. The Hall–Kier alpha value is -2.18. The Kier molecular flexibility index (Phi) is 6.12. The van der Waals surface area contributed by atoms with Gasteiger partial charge in [-0.25, -0.2) is 25.9 Å². The highest BCUT2D eigenvalue weighted by Crippen LogP contribution is 2.31. The molecule has 0 aliphatic carbocycles. The molecule has 0 bridgehead atoms. The number of anilines is 1. The Morgan fingerprint density at radius 2 is 1.83 bits per heavy atom. The summed E-state index contributed by atoms with van der Waals surface area (Å²) in [6.45, 7) is 5.73. The van der Waals surface area contributed by atoms with Crippen molar-refractivity contribution < 1.29 is 31.2 Å². The van der Waals surface area contributed by atoms with E-state index in [1.807, 2.05) is 0 Å². The van der Waals surface area contributed by atoms with Gasteiger partial charge in [-0.05, 0) is 37.6 Å². The number of nitrogens with zero attached hydrogens (tertiary/aromatic N) is 3. The number of sulfonamides is 2. The van der Waals surface area contributed by atoms with E-state index >= 15 is 0 Å². The number of hydrogen-bond acceptors (Lipinski definition) is 7. The van der Waals surface area contributed by atoms with E-state index in [1.165, 1.54) is 27.4 Å². The first kappa shape index (κ1) is 22.5. The largest absolute Gasteiger partial charge is 0.450 e. The van der Waals surface area contributed by atoms with Gasteiger partial charge in [0.25, 0.3) is 0 Å². The van der Waals surface area contributed by atoms with Gasteiger partial charge in [0.1, 0.15) is 0 Å². The highest BCUT2D eigenvalue weighted by atomic mass is 32.2. The summed E-state index contributed by atoms with van der Waals surface area (Å²) in [6.07, 6.45) is -0.471. The normalized spacial score (nSPS) is 22.4. The van der Waals surface area contributed by atoms with Gasteiger partial charge in [0.2, 0.25) is 26.0 Å². The first-order valence-electron chi connectivity index (χ1n) is 9.58. The third kappa shape index (κ3) is 4.03. The molecule has 166 valence electrons. The number of carbonyl (C=O) groups excluding carboxylic acids is 2. The minimum absolute atomic E-state index is 0.0351. The van der Waals surface area contributed by atoms with Crippen LogP contribution in [0, 0.1) is 12.8 Å². The van der Waals surface area contributed by atoms with E-state index in [0.717, 1.165) is 4.31 Å². The van der Waals surface area contributed by atoms with Crippen LogP contribution in [0.15, 0.2) is 23.1 Å². The SMILES string of the molecule is CCOC(=O)N1CCN(S(=O)(=O)c2ccc(N3C(=O)C(C)CS3(=O)=O)cc2C)CC1. The number of aryl methyl sites for hydroxylation is 1. The van der Waals surface area contributed by atoms with E-state index in [1.54, 1.807) is 20.8 Å². The standard InChI is InChI=1S/C18H25N3O7S2/c1-4-28-18(23)19-7-9-20(10-8-19)30(26,27)16-6-5-15(11-13(16)2)21-17(22)14(3)12-29(21,24)25/h5-6,11,14H,4,7-10,12H2,1-3H3. The summed E-state index contributed by atoms with van der Waals surface area (Å²) in [7, 11) is -7.61. The van der Waals surface area contributed by atoms with E-state index in [9.17, 15) is 26.4 Å². The first-order valence-corrected chi connectivity index (χ1v) is 12.6. The van der Waals surface area contributed by atoms with E-state index in [2.05, 4.69) is 0 Å². The van der Waals surface area contributed by atoms with Crippen LogP contribution in [0.5, 0.6) is 0 Å². The van der Waals surface area contributed by atoms with Gasteiger partial charge in [-0.1, -0.05) is 6.92 Å². The van der Waals surface area contributed by atoms with Crippen LogP contribution in [0.4, 0.5) is 10.5 Å². The maximum absolute atomic E-state index is 13.1. The molecular weight excluding hydrogens is 434 g/mol. The smallest absolute Gasteiger partial charge is 0.409 e. The zero-order valence-electron chi connectivity index (χ0n) is 17.1. The van der Waals surface area contributed by atoms with Crippen molar-refractivity contribution in [3.63, 3.8) is 0 Å². The molecule has 1 aromatic carbocycles. The van der Waals surface area contributed by atoms with Crippen LogP contribution in [-0.2, 0) is 29.6 Å². The summed E-state index contributed by atoms with van der Waals surface area (Å²) in [5.74, 6) is -1.44. The molecule has 12 heteroatoms. The van der Waals surface area contributed by atoms with E-state index in [-0.39, 0.29) is 49.1 Å². The van der Waals surface area contributed by atoms with Gasteiger partial charge in [-0.3, -0.25) is 4.79 Å². The summed E-state index contributed by atoms with van der Waals surface area (Å²) in [6, 6.07) is 4.06. The maximum Gasteiger partial charge on any atom is 0.409 e. The number of hydrogen-bond donors (Lipinski definition) is 0. The average Bonchev–Trinajstić information content (AvgIpc) is 2.88. The molecule has 0 spiro atoms. The monoisotopic (exact) mass is 459 g/mol. The average molecular weight is 460 g/mol. The number of ether oxygens (including phenoxy) is 1. The van der Waals surface area contributed by atoms with Gasteiger partial charge in [-0.2, -0.15) is 4.31 Å². The first-order chi connectivity index (χ1) is 14.0. The molecule has 0 aromatic heterocycles. The van der Waals surface area contributed by atoms with Gasteiger partial charge >= 0.3 is 6.09 Å². The van der Waals surface area contributed by atoms with E-state index in [0.29, 0.717) is 5.56 Å². The van der Waals surface area contributed by atoms with Crippen molar-refractivity contribution in [1.82, 2.24) is 9.21 Å². The molecule has 2 fully saturated rings. The molecule has 2 amide bonds. The minimum Gasteiger partial charge on any atom is -0.450 e. The Morgan fingerprint density at radius 3 is 2.33 bits per heavy atom. The highest BCUT2D eigenvalue weighted by Gasteiger charge is 2.42. The van der Waals surface area contributed by atoms with Gasteiger partial charge < -0.3 is 9.64 Å². The fourth-order valence-electron chi connectivity index (χ4n) is 3.60. The van der Waals surface area contributed by atoms with Crippen LogP contribution in [0.1, 0.15) is 19.4 Å². The third-order valence-electron chi connectivity index (χ3n) is 5.14. The van der Waals surface area contributed by atoms with Crippen molar-refractivity contribution in [3.8, 4) is 0 Å². The lowest BCUT2D eigenvalue weighted by atomic mass is 10.2. The number of amides is 2. The van der Waals surface area contributed by atoms with Crippen LogP contribution >= 0.6 is 0 Å². The van der Waals surface area contributed by atoms with Crippen molar-refractivity contribution in [2.24, 2.45) is 5.92 Å². The fraction of sp³-hybridized carbons (Fsp3) is 0.556. The molecule has 0 N–H and O–H groups in total. The van der Waals surface area contributed by atoms with Crippen molar-refractivity contribution in [2.75, 3.05) is 42.8 Å². The van der Waals surface area contributed by atoms with Crippen molar-refractivity contribution in [3.05, 3.63) is 23.8 Å². The molecule has 0 radical (unpaired) electrons. The van der Waals surface area contributed by atoms with Crippen molar-refractivity contribution in [2.45, 2.75) is 25.7 Å². The molecule has 3 rings (SSSR count).